The number of carbonyl (C=O) groups excluding carboxylic acids is 2. The van der Waals surface area contributed by atoms with Crippen LogP contribution in [0, 0.1) is 5.82 Å². The van der Waals surface area contributed by atoms with Crippen LogP contribution in [0.1, 0.15) is 45.1 Å². The Balaban J connectivity index is 1.49. The highest BCUT2D eigenvalue weighted by Gasteiger charge is 2.29. The van der Waals surface area contributed by atoms with Gasteiger partial charge in [-0.1, -0.05) is 48.0 Å². The van der Waals surface area contributed by atoms with Crippen LogP contribution in [0.15, 0.2) is 54.6 Å². The number of rotatable bonds is 5. The van der Waals surface area contributed by atoms with Crippen molar-refractivity contribution in [2.45, 2.75) is 26.1 Å². The van der Waals surface area contributed by atoms with Gasteiger partial charge in [-0.05, 0) is 24.6 Å². The van der Waals surface area contributed by atoms with E-state index in [-0.39, 0.29) is 40.7 Å². The number of nitrogens with one attached hydrogen (secondary N) is 1. The minimum absolute atomic E-state index is 0.0576. The van der Waals surface area contributed by atoms with Gasteiger partial charge in [-0.2, -0.15) is 5.10 Å². The molecular weight excluding hydrogens is 407 g/mol. The second kappa shape index (κ2) is 8.28. The summed E-state index contributed by atoms with van der Waals surface area (Å²) in [6.45, 7) is 2.70. The molecule has 1 atom stereocenters. The van der Waals surface area contributed by atoms with Crippen molar-refractivity contribution in [1.29, 1.82) is 0 Å². The fraction of sp³-hybridized carbons (Fsp3) is 0.227. The van der Waals surface area contributed by atoms with Gasteiger partial charge in [0.1, 0.15) is 11.5 Å². The Labute approximate surface area is 178 Å². The first-order valence-corrected chi connectivity index (χ1v) is 9.97. The number of halogens is 2. The maximum atomic E-state index is 14.1. The molecule has 2 aromatic carbocycles. The first-order valence-electron chi connectivity index (χ1n) is 9.60. The van der Waals surface area contributed by atoms with E-state index in [1.165, 1.54) is 27.8 Å². The predicted octanol–water partition coefficient (Wildman–Crippen LogP) is 3.82. The van der Waals surface area contributed by atoms with Gasteiger partial charge in [0.2, 0.25) is 0 Å². The molecule has 0 bridgehead atoms. The summed E-state index contributed by atoms with van der Waals surface area (Å²) < 4.78 is 15.6. The minimum Gasteiger partial charge on any atom is -0.344 e. The lowest BCUT2D eigenvalue weighted by molar-refractivity contribution is 0.0681. The summed E-state index contributed by atoms with van der Waals surface area (Å²) in [6.07, 6.45) is 0. The van der Waals surface area contributed by atoms with Gasteiger partial charge in [0.15, 0.2) is 5.69 Å². The molecule has 0 saturated heterocycles. The summed E-state index contributed by atoms with van der Waals surface area (Å²) in [7, 11) is 0. The van der Waals surface area contributed by atoms with Crippen molar-refractivity contribution < 1.29 is 14.0 Å². The van der Waals surface area contributed by atoms with Crippen molar-refractivity contribution in [3.05, 3.63) is 88.0 Å². The van der Waals surface area contributed by atoms with Crippen molar-refractivity contribution >= 4 is 23.4 Å². The molecule has 1 aliphatic rings. The molecule has 2 amide bonds. The Morgan fingerprint density at radius 1 is 1.20 bits per heavy atom. The van der Waals surface area contributed by atoms with Crippen LogP contribution in [-0.4, -0.2) is 33.0 Å². The summed E-state index contributed by atoms with van der Waals surface area (Å²) in [5.41, 5.74) is 1.71. The lowest BCUT2D eigenvalue weighted by Crippen LogP contribution is -2.40. The van der Waals surface area contributed by atoms with Crippen LogP contribution >= 0.6 is 11.6 Å². The van der Waals surface area contributed by atoms with Crippen molar-refractivity contribution in [3.8, 4) is 0 Å². The molecule has 2 heterocycles. The van der Waals surface area contributed by atoms with Gasteiger partial charge in [-0.15, -0.1) is 0 Å². The highest BCUT2D eigenvalue weighted by molar-refractivity contribution is 6.31. The molecule has 3 aromatic rings. The molecular formula is C22H20ClFN4O2. The van der Waals surface area contributed by atoms with Gasteiger partial charge in [0.25, 0.3) is 11.8 Å². The predicted molar refractivity (Wildman–Crippen MR) is 111 cm³/mol. The average molecular weight is 427 g/mol. The third kappa shape index (κ3) is 3.93. The van der Waals surface area contributed by atoms with E-state index in [1.807, 2.05) is 37.3 Å². The number of hydrogen-bond acceptors (Lipinski definition) is 3. The Hall–Kier alpha value is -3.19. The second-order valence-electron chi connectivity index (χ2n) is 7.17. The van der Waals surface area contributed by atoms with Gasteiger partial charge in [-0.3, -0.25) is 14.3 Å². The van der Waals surface area contributed by atoms with E-state index in [1.54, 1.807) is 6.07 Å². The Morgan fingerprint density at radius 2 is 1.97 bits per heavy atom. The molecule has 0 saturated carbocycles. The van der Waals surface area contributed by atoms with Gasteiger partial charge < -0.3 is 10.2 Å². The maximum absolute atomic E-state index is 14.1. The molecule has 30 heavy (non-hydrogen) atoms. The smallest absolute Gasteiger partial charge is 0.272 e. The quantitative estimate of drug-likeness (QED) is 0.674. The number of carbonyl (C=O) groups is 2. The van der Waals surface area contributed by atoms with Crippen LogP contribution in [0.4, 0.5) is 4.39 Å². The SMILES string of the molecule is C[C@@H](NC(=O)c1cc2n(n1)CCN(Cc1c(F)cccc1Cl)C2=O)c1ccccc1. The highest BCUT2D eigenvalue weighted by Crippen LogP contribution is 2.23. The average Bonchev–Trinajstić information content (AvgIpc) is 3.18. The molecule has 4 rings (SSSR count). The zero-order valence-corrected chi connectivity index (χ0v) is 17.1. The summed E-state index contributed by atoms with van der Waals surface area (Å²) >= 11 is 6.09. The number of aromatic nitrogens is 2. The van der Waals surface area contributed by atoms with Crippen molar-refractivity contribution in [3.63, 3.8) is 0 Å². The Bertz CT molecular complexity index is 1080. The van der Waals surface area contributed by atoms with Crippen molar-refractivity contribution in [2.24, 2.45) is 0 Å². The van der Waals surface area contributed by atoms with Crippen LogP contribution in [-0.2, 0) is 13.1 Å². The number of nitrogens with zero attached hydrogens (tertiary/aromatic N) is 3. The molecule has 0 radical (unpaired) electrons. The lowest BCUT2D eigenvalue weighted by atomic mass is 10.1. The third-order valence-electron chi connectivity index (χ3n) is 5.16. The van der Waals surface area contributed by atoms with Gasteiger partial charge in [-0.25, -0.2) is 4.39 Å². The molecule has 154 valence electrons. The molecule has 0 unspecified atom stereocenters. The summed E-state index contributed by atoms with van der Waals surface area (Å²) in [6, 6.07) is 15.3. The number of hydrogen-bond donors (Lipinski definition) is 1. The van der Waals surface area contributed by atoms with Crippen molar-refractivity contribution in [1.82, 2.24) is 20.0 Å². The van der Waals surface area contributed by atoms with Crippen LogP contribution in [0.25, 0.3) is 0 Å². The first-order chi connectivity index (χ1) is 14.4. The fourth-order valence-electron chi connectivity index (χ4n) is 3.47. The van der Waals surface area contributed by atoms with E-state index in [2.05, 4.69) is 10.4 Å². The number of amides is 2. The zero-order valence-electron chi connectivity index (χ0n) is 16.3. The summed E-state index contributed by atoms with van der Waals surface area (Å²) in [5, 5.41) is 7.45. The lowest BCUT2D eigenvalue weighted by Gasteiger charge is -2.27. The standard InChI is InChI=1S/C22H20ClFN4O2/c1-14(15-6-3-2-4-7-15)25-21(29)19-12-20-22(30)27(10-11-28(20)26-19)13-16-17(23)8-5-9-18(16)24/h2-9,12,14H,10-11,13H2,1H3,(H,25,29)/t14-/m1/s1. The normalized spacial score (nSPS) is 14.4. The van der Waals surface area contributed by atoms with E-state index < -0.39 is 5.82 Å². The first kappa shape index (κ1) is 20.1. The van der Waals surface area contributed by atoms with E-state index in [9.17, 15) is 14.0 Å². The van der Waals surface area contributed by atoms with Crippen LogP contribution in [0.2, 0.25) is 5.02 Å². The van der Waals surface area contributed by atoms with Crippen LogP contribution in [0.5, 0.6) is 0 Å². The fourth-order valence-corrected chi connectivity index (χ4v) is 3.69. The monoisotopic (exact) mass is 426 g/mol. The second-order valence-corrected chi connectivity index (χ2v) is 7.58. The highest BCUT2D eigenvalue weighted by atomic mass is 35.5. The molecule has 1 aliphatic heterocycles. The molecule has 0 fully saturated rings. The maximum Gasteiger partial charge on any atom is 0.272 e. The number of benzene rings is 2. The van der Waals surface area contributed by atoms with E-state index in [0.717, 1.165) is 5.56 Å². The Morgan fingerprint density at radius 3 is 2.70 bits per heavy atom. The van der Waals surface area contributed by atoms with E-state index in [0.29, 0.717) is 18.8 Å². The third-order valence-corrected chi connectivity index (χ3v) is 5.51. The van der Waals surface area contributed by atoms with Gasteiger partial charge >= 0.3 is 0 Å². The van der Waals surface area contributed by atoms with Crippen molar-refractivity contribution in [2.75, 3.05) is 6.54 Å². The van der Waals surface area contributed by atoms with E-state index >= 15 is 0 Å². The van der Waals surface area contributed by atoms with E-state index in [4.69, 9.17) is 11.6 Å². The van der Waals surface area contributed by atoms with Gasteiger partial charge in [0, 0.05) is 23.2 Å². The summed E-state index contributed by atoms with van der Waals surface area (Å²) in [5.74, 6) is -1.13. The molecule has 0 aliphatic carbocycles. The van der Waals surface area contributed by atoms with Gasteiger partial charge in [0.05, 0.1) is 19.1 Å². The molecule has 1 aromatic heterocycles. The molecule has 0 spiro atoms. The molecule has 6 nitrogen and oxygen atoms in total. The topological polar surface area (TPSA) is 67.2 Å². The van der Waals surface area contributed by atoms with Crippen LogP contribution in [0.3, 0.4) is 0 Å². The number of fused-ring (bicyclic) bond motifs is 1. The van der Waals surface area contributed by atoms with Crippen LogP contribution < -0.4 is 5.32 Å². The zero-order chi connectivity index (χ0) is 21.3. The Kier molecular flexibility index (Phi) is 5.55. The minimum atomic E-state index is -0.454. The molecule has 1 N–H and O–H groups in total. The largest absolute Gasteiger partial charge is 0.344 e. The summed E-state index contributed by atoms with van der Waals surface area (Å²) in [4.78, 5) is 27.0. The molecule has 8 heteroatoms.